The Morgan fingerprint density at radius 1 is 1.12 bits per heavy atom. The minimum Gasteiger partial charge on any atom is -0.352 e. The van der Waals surface area contributed by atoms with E-state index in [1.54, 1.807) is 48.3 Å². The second-order valence-electron chi connectivity index (χ2n) is 5.74. The van der Waals surface area contributed by atoms with Crippen LogP contribution in [0.2, 0.25) is 5.02 Å². The maximum atomic E-state index is 13.0. The van der Waals surface area contributed by atoms with Gasteiger partial charge in [0.05, 0.1) is 6.04 Å². The second kappa shape index (κ2) is 8.62. The van der Waals surface area contributed by atoms with Crippen molar-refractivity contribution in [2.75, 3.05) is 13.6 Å². The van der Waals surface area contributed by atoms with Crippen LogP contribution in [0.15, 0.2) is 48.5 Å². The molecule has 6 heteroatoms. The van der Waals surface area contributed by atoms with Crippen molar-refractivity contribution in [3.63, 3.8) is 0 Å². The van der Waals surface area contributed by atoms with Crippen LogP contribution in [0.1, 0.15) is 35.3 Å². The molecular weight excluding hydrogens is 343 g/mol. The number of benzene rings is 2. The molecule has 0 heterocycles. The maximum Gasteiger partial charge on any atom is 0.251 e. The number of hydrogen-bond acceptors (Lipinski definition) is 2. The first-order chi connectivity index (χ1) is 11.9. The molecule has 2 aromatic rings. The summed E-state index contributed by atoms with van der Waals surface area (Å²) in [5.74, 6) is -0.665. The van der Waals surface area contributed by atoms with Crippen LogP contribution in [0.4, 0.5) is 4.39 Å². The van der Waals surface area contributed by atoms with E-state index in [2.05, 4.69) is 5.32 Å². The number of nitrogens with zero attached hydrogens (tertiary/aromatic N) is 1. The third-order valence-electron chi connectivity index (χ3n) is 4.06. The summed E-state index contributed by atoms with van der Waals surface area (Å²) in [7, 11) is 1.69. The molecule has 132 valence electrons. The average Bonchev–Trinajstić information content (AvgIpc) is 2.61. The van der Waals surface area contributed by atoms with Gasteiger partial charge >= 0.3 is 0 Å². The molecule has 0 saturated heterocycles. The molecule has 0 aliphatic rings. The van der Waals surface area contributed by atoms with Crippen LogP contribution in [-0.4, -0.2) is 30.3 Å². The molecule has 1 atom stereocenters. The lowest BCUT2D eigenvalue weighted by molar-refractivity contribution is -0.131. The van der Waals surface area contributed by atoms with Crippen molar-refractivity contribution in [1.29, 1.82) is 0 Å². The van der Waals surface area contributed by atoms with Gasteiger partial charge in [-0.1, -0.05) is 23.7 Å². The van der Waals surface area contributed by atoms with Crippen LogP contribution in [0, 0.1) is 5.82 Å². The zero-order chi connectivity index (χ0) is 18.4. The Bertz CT molecular complexity index is 732. The van der Waals surface area contributed by atoms with Crippen molar-refractivity contribution in [2.24, 2.45) is 0 Å². The Hall–Kier alpha value is -2.40. The van der Waals surface area contributed by atoms with E-state index < -0.39 is 0 Å². The van der Waals surface area contributed by atoms with E-state index in [0.717, 1.165) is 5.56 Å². The molecule has 25 heavy (non-hydrogen) atoms. The van der Waals surface area contributed by atoms with E-state index in [0.29, 0.717) is 10.6 Å². The van der Waals surface area contributed by atoms with E-state index in [1.807, 2.05) is 6.92 Å². The maximum absolute atomic E-state index is 13.0. The van der Waals surface area contributed by atoms with Crippen molar-refractivity contribution in [1.82, 2.24) is 10.2 Å². The van der Waals surface area contributed by atoms with Crippen molar-refractivity contribution in [3.8, 4) is 0 Å². The van der Waals surface area contributed by atoms with Crippen LogP contribution in [0.3, 0.4) is 0 Å². The molecular formula is C19H20ClFN2O2. The van der Waals surface area contributed by atoms with E-state index in [4.69, 9.17) is 11.6 Å². The Kier molecular flexibility index (Phi) is 6.53. The van der Waals surface area contributed by atoms with Crippen molar-refractivity contribution < 1.29 is 14.0 Å². The predicted molar refractivity (Wildman–Crippen MR) is 96.0 cm³/mol. The molecule has 0 saturated carbocycles. The van der Waals surface area contributed by atoms with Crippen molar-refractivity contribution in [3.05, 3.63) is 70.5 Å². The molecule has 1 unspecified atom stereocenters. The van der Waals surface area contributed by atoms with E-state index in [1.165, 1.54) is 12.1 Å². The molecule has 0 bridgehead atoms. The van der Waals surface area contributed by atoms with Gasteiger partial charge in [0.2, 0.25) is 5.91 Å². The minimum absolute atomic E-state index is 0.103. The van der Waals surface area contributed by atoms with Gasteiger partial charge in [0, 0.05) is 30.6 Å². The Balaban J connectivity index is 1.83. The minimum atomic E-state index is -0.310. The average molecular weight is 363 g/mol. The molecule has 4 nitrogen and oxygen atoms in total. The highest BCUT2D eigenvalue weighted by atomic mass is 35.5. The lowest BCUT2D eigenvalue weighted by Gasteiger charge is -2.25. The summed E-state index contributed by atoms with van der Waals surface area (Å²) in [5.41, 5.74) is 1.34. The number of nitrogens with one attached hydrogen (secondary N) is 1. The SMILES string of the molecule is CC(c1ccc(F)cc1)N(C)C(=O)CCNC(=O)c1ccc(Cl)cc1. The first kappa shape index (κ1) is 18.9. The van der Waals surface area contributed by atoms with Crippen LogP contribution in [0.25, 0.3) is 0 Å². The number of carbonyl (C=O) groups excluding carboxylic acids is 2. The highest BCUT2D eigenvalue weighted by Crippen LogP contribution is 2.19. The van der Waals surface area contributed by atoms with Gasteiger partial charge in [-0.25, -0.2) is 4.39 Å². The quantitative estimate of drug-likeness (QED) is 0.849. The Labute approximate surface area is 151 Å². The molecule has 1 N–H and O–H groups in total. The normalized spacial score (nSPS) is 11.7. The standard InChI is InChI=1S/C19H20ClFN2O2/c1-13(14-5-9-17(21)10-6-14)23(2)18(24)11-12-22-19(25)15-3-7-16(20)8-4-15/h3-10,13H,11-12H2,1-2H3,(H,22,25). The van der Waals surface area contributed by atoms with Crippen LogP contribution < -0.4 is 5.32 Å². The van der Waals surface area contributed by atoms with Crippen molar-refractivity contribution in [2.45, 2.75) is 19.4 Å². The summed E-state index contributed by atoms with van der Waals surface area (Å²) in [6.07, 6.45) is 0.182. The van der Waals surface area contributed by atoms with Crippen LogP contribution >= 0.6 is 11.6 Å². The topological polar surface area (TPSA) is 49.4 Å². The number of rotatable bonds is 6. The highest BCUT2D eigenvalue weighted by Gasteiger charge is 2.17. The summed E-state index contributed by atoms with van der Waals surface area (Å²) in [6, 6.07) is 12.4. The molecule has 2 rings (SSSR count). The summed E-state index contributed by atoms with van der Waals surface area (Å²) >= 11 is 5.78. The van der Waals surface area contributed by atoms with Gasteiger partial charge in [-0.15, -0.1) is 0 Å². The first-order valence-electron chi connectivity index (χ1n) is 7.93. The third kappa shape index (κ3) is 5.29. The van der Waals surface area contributed by atoms with E-state index in [-0.39, 0.29) is 36.6 Å². The fourth-order valence-corrected chi connectivity index (χ4v) is 2.47. The summed E-state index contributed by atoms with van der Waals surface area (Å²) in [6.45, 7) is 2.11. The predicted octanol–water partition coefficient (Wildman–Crippen LogP) is 3.82. The number of carbonyl (C=O) groups is 2. The lowest BCUT2D eigenvalue weighted by Crippen LogP contribution is -2.33. The summed E-state index contributed by atoms with van der Waals surface area (Å²) < 4.78 is 13.0. The highest BCUT2D eigenvalue weighted by molar-refractivity contribution is 6.30. The first-order valence-corrected chi connectivity index (χ1v) is 8.31. The van der Waals surface area contributed by atoms with Gasteiger partial charge in [-0.3, -0.25) is 9.59 Å². The van der Waals surface area contributed by atoms with Gasteiger partial charge in [-0.2, -0.15) is 0 Å². The van der Waals surface area contributed by atoms with E-state index in [9.17, 15) is 14.0 Å². The monoisotopic (exact) mass is 362 g/mol. The number of hydrogen-bond donors (Lipinski definition) is 1. The molecule has 0 aliphatic heterocycles. The Morgan fingerprint density at radius 3 is 2.32 bits per heavy atom. The fraction of sp³-hybridized carbons (Fsp3) is 0.263. The van der Waals surface area contributed by atoms with Gasteiger partial charge in [0.1, 0.15) is 5.82 Å². The summed E-state index contributed by atoms with van der Waals surface area (Å²) in [5, 5.41) is 3.27. The smallest absolute Gasteiger partial charge is 0.251 e. The molecule has 0 spiro atoms. The second-order valence-corrected chi connectivity index (χ2v) is 6.18. The van der Waals surface area contributed by atoms with Gasteiger partial charge in [0.25, 0.3) is 5.91 Å². The number of halogens is 2. The van der Waals surface area contributed by atoms with Gasteiger partial charge in [0.15, 0.2) is 0 Å². The zero-order valence-corrected chi connectivity index (χ0v) is 14.9. The van der Waals surface area contributed by atoms with Crippen molar-refractivity contribution >= 4 is 23.4 Å². The van der Waals surface area contributed by atoms with Crippen LogP contribution in [-0.2, 0) is 4.79 Å². The molecule has 0 radical (unpaired) electrons. The molecule has 0 aliphatic carbocycles. The largest absolute Gasteiger partial charge is 0.352 e. The fourth-order valence-electron chi connectivity index (χ4n) is 2.34. The molecule has 2 aromatic carbocycles. The van der Waals surface area contributed by atoms with E-state index >= 15 is 0 Å². The van der Waals surface area contributed by atoms with Gasteiger partial charge < -0.3 is 10.2 Å². The third-order valence-corrected chi connectivity index (χ3v) is 4.31. The molecule has 0 aromatic heterocycles. The zero-order valence-electron chi connectivity index (χ0n) is 14.1. The van der Waals surface area contributed by atoms with Crippen LogP contribution in [0.5, 0.6) is 0 Å². The molecule has 0 fully saturated rings. The summed E-state index contributed by atoms with van der Waals surface area (Å²) in [4.78, 5) is 25.8. The van der Waals surface area contributed by atoms with Gasteiger partial charge in [-0.05, 0) is 48.9 Å². The lowest BCUT2D eigenvalue weighted by atomic mass is 10.1. The Morgan fingerprint density at radius 2 is 1.72 bits per heavy atom. The molecule has 2 amide bonds. The number of amides is 2.